The van der Waals surface area contributed by atoms with Crippen molar-refractivity contribution in [1.82, 2.24) is 14.9 Å². The second-order valence-electron chi connectivity index (χ2n) is 6.64. The van der Waals surface area contributed by atoms with Crippen LogP contribution in [-0.2, 0) is 4.74 Å². The fourth-order valence-electron chi connectivity index (χ4n) is 2.39. The summed E-state index contributed by atoms with van der Waals surface area (Å²) in [5.41, 5.74) is -0.621. The minimum absolute atomic E-state index is 0.0610. The Bertz CT molecular complexity index is 647. The number of hydrogen-bond acceptors (Lipinski definition) is 6. The SMILES string of the molecule is CC1CN(C(=O)OC(C)(C)C)CCN1c1ncc(Br)c(C(=O)O)n1. The summed E-state index contributed by atoms with van der Waals surface area (Å²) in [6, 6.07) is -0.0610. The standard InChI is InChI=1S/C15H21BrN4O4/c1-9-8-19(14(23)24-15(2,3)4)5-6-20(9)13-17-7-10(16)11(18-13)12(21)22/h7,9H,5-6,8H2,1-4H3,(H,21,22). The zero-order chi connectivity index (χ0) is 18.1. The second-order valence-corrected chi connectivity index (χ2v) is 7.49. The molecule has 9 heteroatoms. The molecule has 2 rings (SSSR count). The molecular formula is C15H21BrN4O4. The van der Waals surface area contributed by atoms with Gasteiger partial charge in [0.25, 0.3) is 0 Å². The molecule has 2 heterocycles. The van der Waals surface area contributed by atoms with Crippen LogP contribution in [0.15, 0.2) is 10.7 Å². The highest BCUT2D eigenvalue weighted by atomic mass is 79.9. The number of aromatic nitrogens is 2. The molecule has 1 aromatic rings. The lowest BCUT2D eigenvalue weighted by molar-refractivity contribution is 0.0218. The van der Waals surface area contributed by atoms with Crippen molar-refractivity contribution in [2.75, 3.05) is 24.5 Å². The van der Waals surface area contributed by atoms with E-state index in [0.29, 0.717) is 30.1 Å². The quantitative estimate of drug-likeness (QED) is 0.813. The Morgan fingerprint density at radius 3 is 2.58 bits per heavy atom. The van der Waals surface area contributed by atoms with Gasteiger partial charge in [-0.3, -0.25) is 0 Å². The van der Waals surface area contributed by atoms with Gasteiger partial charge in [-0.2, -0.15) is 0 Å². The maximum Gasteiger partial charge on any atom is 0.410 e. The van der Waals surface area contributed by atoms with Crippen LogP contribution in [-0.4, -0.2) is 63.3 Å². The summed E-state index contributed by atoms with van der Waals surface area (Å²) in [5, 5.41) is 9.17. The van der Waals surface area contributed by atoms with Gasteiger partial charge in [0.05, 0.1) is 4.47 Å². The number of carboxylic acids is 1. The molecule has 24 heavy (non-hydrogen) atoms. The van der Waals surface area contributed by atoms with E-state index < -0.39 is 11.6 Å². The molecule has 0 bridgehead atoms. The highest BCUT2D eigenvalue weighted by molar-refractivity contribution is 9.10. The normalized spacial score (nSPS) is 18.5. The molecule has 1 fully saturated rings. The summed E-state index contributed by atoms with van der Waals surface area (Å²) in [6.07, 6.45) is 1.08. The van der Waals surface area contributed by atoms with Gasteiger partial charge in [-0.1, -0.05) is 0 Å². The zero-order valence-corrected chi connectivity index (χ0v) is 15.7. The van der Waals surface area contributed by atoms with Gasteiger partial charge in [-0.15, -0.1) is 0 Å². The van der Waals surface area contributed by atoms with E-state index in [2.05, 4.69) is 25.9 Å². The first-order valence-corrected chi connectivity index (χ1v) is 8.38. The number of carbonyl (C=O) groups excluding carboxylic acids is 1. The highest BCUT2D eigenvalue weighted by Crippen LogP contribution is 2.21. The number of hydrogen-bond donors (Lipinski definition) is 1. The summed E-state index contributed by atoms with van der Waals surface area (Å²) >= 11 is 3.13. The van der Waals surface area contributed by atoms with Crippen molar-refractivity contribution in [1.29, 1.82) is 0 Å². The molecule has 1 saturated heterocycles. The fraction of sp³-hybridized carbons (Fsp3) is 0.600. The van der Waals surface area contributed by atoms with Gasteiger partial charge in [0.2, 0.25) is 5.95 Å². The van der Waals surface area contributed by atoms with Crippen molar-refractivity contribution in [3.63, 3.8) is 0 Å². The number of halogens is 1. The van der Waals surface area contributed by atoms with E-state index in [1.54, 1.807) is 4.90 Å². The lowest BCUT2D eigenvalue weighted by Crippen LogP contribution is -2.55. The zero-order valence-electron chi connectivity index (χ0n) is 14.1. The van der Waals surface area contributed by atoms with E-state index >= 15 is 0 Å². The summed E-state index contributed by atoms with van der Waals surface area (Å²) in [5.74, 6) is -0.780. The van der Waals surface area contributed by atoms with Crippen LogP contribution < -0.4 is 4.90 Å². The molecule has 1 N–H and O–H groups in total. The Balaban J connectivity index is 2.10. The molecule has 0 aromatic carbocycles. The van der Waals surface area contributed by atoms with Gasteiger partial charge in [0.15, 0.2) is 5.69 Å². The number of carboxylic acid groups (broad SMARTS) is 1. The summed E-state index contributed by atoms with van der Waals surface area (Å²) in [6.45, 7) is 8.83. The molecule has 132 valence electrons. The number of carbonyl (C=O) groups is 2. The van der Waals surface area contributed by atoms with Crippen LogP contribution in [0.1, 0.15) is 38.2 Å². The molecule has 0 aliphatic carbocycles. The molecule has 1 aromatic heterocycles. The third-order valence-corrected chi connectivity index (χ3v) is 4.05. The molecule has 1 aliphatic heterocycles. The summed E-state index contributed by atoms with van der Waals surface area (Å²) in [7, 11) is 0. The number of piperazine rings is 1. The Morgan fingerprint density at radius 2 is 2.04 bits per heavy atom. The van der Waals surface area contributed by atoms with Gasteiger partial charge in [-0.05, 0) is 43.6 Å². The van der Waals surface area contributed by atoms with Crippen molar-refractivity contribution < 1.29 is 19.4 Å². The Kier molecular flexibility index (Phi) is 5.32. The molecule has 1 aliphatic rings. The first-order valence-electron chi connectivity index (χ1n) is 7.59. The number of nitrogens with zero attached hydrogens (tertiary/aromatic N) is 4. The van der Waals surface area contributed by atoms with Crippen molar-refractivity contribution in [3.05, 3.63) is 16.4 Å². The molecular weight excluding hydrogens is 380 g/mol. The van der Waals surface area contributed by atoms with Gasteiger partial charge in [-0.25, -0.2) is 19.6 Å². The van der Waals surface area contributed by atoms with Crippen molar-refractivity contribution >= 4 is 33.9 Å². The fourth-order valence-corrected chi connectivity index (χ4v) is 2.75. The topological polar surface area (TPSA) is 95.9 Å². The smallest absolute Gasteiger partial charge is 0.410 e. The van der Waals surface area contributed by atoms with Crippen LogP contribution in [0.5, 0.6) is 0 Å². The predicted octanol–water partition coefficient (Wildman–Crippen LogP) is 2.38. The summed E-state index contributed by atoms with van der Waals surface area (Å²) in [4.78, 5) is 35.2. The van der Waals surface area contributed by atoms with Crippen LogP contribution in [0.2, 0.25) is 0 Å². The maximum absolute atomic E-state index is 12.2. The monoisotopic (exact) mass is 400 g/mol. The Labute approximate surface area is 148 Å². The second kappa shape index (κ2) is 6.92. The van der Waals surface area contributed by atoms with Crippen molar-refractivity contribution in [2.45, 2.75) is 39.3 Å². The highest BCUT2D eigenvalue weighted by Gasteiger charge is 2.31. The predicted molar refractivity (Wildman–Crippen MR) is 91.3 cm³/mol. The molecule has 0 spiro atoms. The van der Waals surface area contributed by atoms with E-state index in [0.717, 1.165) is 0 Å². The van der Waals surface area contributed by atoms with Crippen molar-refractivity contribution in [2.24, 2.45) is 0 Å². The van der Waals surface area contributed by atoms with Crippen LogP contribution in [0.3, 0.4) is 0 Å². The van der Waals surface area contributed by atoms with Crippen LogP contribution in [0, 0.1) is 0 Å². The van der Waals surface area contributed by atoms with E-state index in [1.807, 2.05) is 32.6 Å². The van der Waals surface area contributed by atoms with E-state index in [1.165, 1.54) is 6.20 Å². The largest absolute Gasteiger partial charge is 0.476 e. The molecule has 0 radical (unpaired) electrons. The van der Waals surface area contributed by atoms with Gasteiger partial charge >= 0.3 is 12.1 Å². The third-order valence-electron chi connectivity index (χ3n) is 3.47. The number of aromatic carboxylic acids is 1. The molecule has 1 atom stereocenters. The van der Waals surface area contributed by atoms with E-state index in [9.17, 15) is 9.59 Å². The average Bonchev–Trinajstić information content (AvgIpc) is 2.46. The third kappa shape index (κ3) is 4.34. The van der Waals surface area contributed by atoms with Gasteiger partial charge < -0.3 is 19.6 Å². The van der Waals surface area contributed by atoms with Crippen molar-refractivity contribution in [3.8, 4) is 0 Å². The summed E-state index contributed by atoms with van der Waals surface area (Å²) < 4.78 is 5.72. The number of ether oxygens (including phenoxy) is 1. The van der Waals surface area contributed by atoms with E-state index in [4.69, 9.17) is 9.84 Å². The number of anilines is 1. The average molecular weight is 401 g/mol. The van der Waals surface area contributed by atoms with Crippen LogP contribution in [0.4, 0.5) is 10.7 Å². The van der Waals surface area contributed by atoms with E-state index in [-0.39, 0.29) is 17.8 Å². The van der Waals surface area contributed by atoms with Gasteiger partial charge in [0, 0.05) is 31.9 Å². The van der Waals surface area contributed by atoms with Gasteiger partial charge in [0.1, 0.15) is 5.60 Å². The van der Waals surface area contributed by atoms with Crippen LogP contribution in [0.25, 0.3) is 0 Å². The number of rotatable bonds is 2. The number of amides is 1. The minimum atomic E-state index is -1.12. The minimum Gasteiger partial charge on any atom is -0.476 e. The molecule has 1 amide bonds. The maximum atomic E-state index is 12.2. The Morgan fingerprint density at radius 1 is 1.38 bits per heavy atom. The first-order chi connectivity index (χ1) is 11.1. The van der Waals surface area contributed by atoms with Crippen LogP contribution >= 0.6 is 15.9 Å². The Hall–Kier alpha value is -1.90. The molecule has 1 unspecified atom stereocenters. The molecule has 0 saturated carbocycles. The first kappa shape index (κ1) is 18.4. The lowest BCUT2D eigenvalue weighted by Gasteiger charge is -2.40. The molecule has 8 nitrogen and oxygen atoms in total. The lowest BCUT2D eigenvalue weighted by atomic mass is 10.2.